The molecular weight excluding hydrogens is 439 g/mol. The average molecular weight is 456 g/mol. The number of benzene rings is 2. The molecular formula is C17H17IN2O3S. The number of anilines is 1. The highest BCUT2D eigenvalue weighted by Crippen LogP contribution is 2.32. The van der Waals surface area contributed by atoms with Crippen molar-refractivity contribution < 1.29 is 13.2 Å². The lowest BCUT2D eigenvalue weighted by atomic mass is 10.1. The van der Waals surface area contributed by atoms with Crippen LogP contribution in [-0.2, 0) is 16.4 Å². The summed E-state index contributed by atoms with van der Waals surface area (Å²) in [5, 5.41) is 0. The Balaban J connectivity index is 1.97. The Bertz CT molecular complexity index is 910. The molecule has 0 fully saturated rings. The quantitative estimate of drug-likeness (QED) is 0.668. The van der Waals surface area contributed by atoms with Crippen molar-refractivity contribution in [1.29, 1.82) is 0 Å². The number of sulfonamides is 1. The summed E-state index contributed by atoms with van der Waals surface area (Å²) in [4.78, 5) is 14.8. The SMILES string of the molecule is CN(C)S(=O)(=O)c1ccc2c(c1)CCN2C(=O)c1ccccc1I. The van der Waals surface area contributed by atoms with Gasteiger partial charge in [-0.1, -0.05) is 12.1 Å². The lowest BCUT2D eigenvalue weighted by Crippen LogP contribution is -2.29. The molecule has 3 rings (SSSR count). The Labute approximate surface area is 155 Å². The Morgan fingerprint density at radius 3 is 2.54 bits per heavy atom. The van der Waals surface area contributed by atoms with Crippen LogP contribution in [0, 0.1) is 3.57 Å². The van der Waals surface area contributed by atoms with Crippen molar-refractivity contribution in [2.75, 3.05) is 25.5 Å². The maximum absolute atomic E-state index is 12.8. The van der Waals surface area contributed by atoms with Gasteiger partial charge in [-0.3, -0.25) is 4.79 Å². The summed E-state index contributed by atoms with van der Waals surface area (Å²) in [7, 11) is -0.447. The van der Waals surface area contributed by atoms with Gasteiger partial charge < -0.3 is 4.90 Å². The fourth-order valence-electron chi connectivity index (χ4n) is 2.74. The molecule has 0 saturated carbocycles. The molecule has 1 heterocycles. The Morgan fingerprint density at radius 1 is 1.17 bits per heavy atom. The molecule has 0 aliphatic carbocycles. The maximum atomic E-state index is 12.8. The monoisotopic (exact) mass is 456 g/mol. The van der Waals surface area contributed by atoms with Crippen LogP contribution >= 0.6 is 22.6 Å². The third-order valence-electron chi connectivity index (χ3n) is 4.07. The zero-order valence-corrected chi connectivity index (χ0v) is 16.3. The molecule has 5 nitrogen and oxygen atoms in total. The van der Waals surface area contributed by atoms with Crippen molar-refractivity contribution in [1.82, 2.24) is 4.31 Å². The van der Waals surface area contributed by atoms with Crippen LogP contribution in [0.2, 0.25) is 0 Å². The molecule has 0 N–H and O–H groups in total. The van der Waals surface area contributed by atoms with Gasteiger partial charge in [-0.25, -0.2) is 12.7 Å². The van der Waals surface area contributed by atoms with E-state index in [2.05, 4.69) is 22.6 Å². The van der Waals surface area contributed by atoms with Crippen LogP contribution in [0.3, 0.4) is 0 Å². The van der Waals surface area contributed by atoms with E-state index < -0.39 is 10.0 Å². The van der Waals surface area contributed by atoms with Crippen LogP contribution in [0.5, 0.6) is 0 Å². The second-order valence-electron chi connectivity index (χ2n) is 5.76. The summed E-state index contributed by atoms with van der Waals surface area (Å²) in [6, 6.07) is 12.4. The van der Waals surface area contributed by atoms with E-state index in [9.17, 15) is 13.2 Å². The van der Waals surface area contributed by atoms with Crippen molar-refractivity contribution in [3.8, 4) is 0 Å². The molecule has 1 aliphatic heterocycles. The number of amides is 1. The molecule has 0 unspecified atom stereocenters. The summed E-state index contributed by atoms with van der Waals surface area (Å²) in [6.45, 7) is 0.560. The van der Waals surface area contributed by atoms with Gasteiger partial charge in [-0.15, -0.1) is 0 Å². The van der Waals surface area contributed by atoms with Crippen molar-refractivity contribution >= 4 is 44.2 Å². The summed E-state index contributed by atoms with van der Waals surface area (Å²) < 4.78 is 26.6. The van der Waals surface area contributed by atoms with E-state index in [1.165, 1.54) is 18.4 Å². The maximum Gasteiger partial charge on any atom is 0.259 e. The summed E-state index contributed by atoms with van der Waals surface area (Å²) in [5.41, 5.74) is 2.34. The molecule has 24 heavy (non-hydrogen) atoms. The standard InChI is InChI=1S/C17H17IN2O3S/c1-19(2)24(22,23)13-7-8-16-12(11-13)9-10-20(16)17(21)14-5-3-4-6-15(14)18/h3-8,11H,9-10H2,1-2H3. The van der Waals surface area contributed by atoms with E-state index in [4.69, 9.17) is 0 Å². The fourth-order valence-corrected chi connectivity index (χ4v) is 4.31. The van der Waals surface area contributed by atoms with E-state index in [0.29, 0.717) is 18.5 Å². The van der Waals surface area contributed by atoms with Gasteiger partial charge >= 0.3 is 0 Å². The summed E-state index contributed by atoms with van der Waals surface area (Å²) in [5.74, 6) is -0.0537. The fraction of sp³-hybridized carbons (Fsp3) is 0.235. The third kappa shape index (κ3) is 2.96. The van der Waals surface area contributed by atoms with E-state index in [1.54, 1.807) is 23.1 Å². The number of carbonyl (C=O) groups is 1. The van der Waals surface area contributed by atoms with E-state index in [1.807, 2.05) is 24.3 Å². The largest absolute Gasteiger partial charge is 0.308 e. The first kappa shape index (κ1) is 17.4. The molecule has 1 aliphatic rings. The van der Waals surface area contributed by atoms with Gasteiger partial charge in [0.2, 0.25) is 10.0 Å². The molecule has 7 heteroatoms. The summed E-state index contributed by atoms with van der Waals surface area (Å²) >= 11 is 2.15. The van der Waals surface area contributed by atoms with Crippen LogP contribution in [0.15, 0.2) is 47.4 Å². The van der Waals surface area contributed by atoms with Crippen molar-refractivity contribution in [2.24, 2.45) is 0 Å². The molecule has 2 aromatic carbocycles. The first-order chi connectivity index (χ1) is 11.3. The van der Waals surface area contributed by atoms with Crippen LogP contribution in [0.1, 0.15) is 15.9 Å². The minimum Gasteiger partial charge on any atom is -0.308 e. The van der Waals surface area contributed by atoms with Crippen LogP contribution < -0.4 is 4.90 Å². The van der Waals surface area contributed by atoms with Crippen LogP contribution in [-0.4, -0.2) is 39.3 Å². The number of hydrogen-bond donors (Lipinski definition) is 0. The molecule has 0 bridgehead atoms. The van der Waals surface area contributed by atoms with Crippen molar-refractivity contribution in [2.45, 2.75) is 11.3 Å². The minimum atomic E-state index is -3.47. The lowest BCUT2D eigenvalue weighted by molar-refractivity contribution is 0.0988. The first-order valence-corrected chi connectivity index (χ1v) is 9.96. The molecule has 0 radical (unpaired) electrons. The van der Waals surface area contributed by atoms with Crippen molar-refractivity contribution in [3.05, 3.63) is 57.2 Å². The van der Waals surface area contributed by atoms with Gasteiger partial charge in [0.25, 0.3) is 5.91 Å². The molecule has 0 spiro atoms. The molecule has 2 aromatic rings. The van der Waals surface area contributed by atoms with Crippen molar-refractivity contribution in [3.63, 3.8) is 0 Å². The number of fused-ring (bicyclic) bond motifs is 1. The topological polar surface area (TPSA) is 57.7 Å². The molecule has 0 aromatic heterocycles. The van der Waals surface area contributed by atoms with E-state index in [-0.39, 0.29) is 10.8 Å². The normalized spacial score (nSPS) is 14.1. The Hall–Kier alpha value is -1.45. The number of halogens is 1. The van der Waals surface area contributed by atoms with Gasteiger partial charge in [0, 0.05) is 29.9 Å². The average Bonchev–Trinajstić information content (AvgIpc) is 2.97. The van der Waals surface area contributed by atoms with Gasteiger partial charge in [0.05, 0.1) is 10.5 Å². The Kier molecular flexibility index (Phi) is 4.67. The highest BCUT2D eigenvalue weighted by Gasteiger charge is 2.28. The number of rotatable bonds is 3. The molecule has 1 amide bonds. The predicted molar refractivity (Wildman–Crippen MR) is 102 cm³/mol. The second-order valence-corrected chi connectivity index (χ2v) is 9.08. The Morgan fingerprint density at radius 2 is 1.88 bits per heavy atom. The van der Waals surface area contributed by atoms with E-state index in [0.717, 1.165) is 14.8 Å². The zero-order chi connectivity index (χ0) is 17.5. The predicted octanol–water partition coefficient (Wildman–Crippen LogP) is 2.74. The van der Waals surface area contributed by atoms with Gasteiger partial charge in [0.15, 0.2) is 0 Å². The van der Waals surface area contributed by atoms with Gasteiger partial charge in [0.1, 0.15) is 0 Å². The van der Waals surface area contributed by atoms with Crippen LogP contribution in [0.4, 0.5) is 5.69 Å². The smallest absolute Gasteiger partial charge is 0.259 e. The third-order valence-corrected chi connectivity index (χ3v) is 6.83. The van der Waals surface area contributed by atoms with Crippen LogP contribution in [0.25, 0.3) is 0 Å². The van der Waals surface area contributed by atoms with E-state index >= 15 is 0 Å². The molecule has 126 valence electrons. The minimum absolute atomic E-state index is 0.0537. The number of carbonyl (C=O) groups excluding carboxylic acids is 1. The van der Waals surface area contributed by atoms with Gasteiger partial charge in [-0.05, 0) is 64.9 Å². The zero-order valence-electron chi connectivity index (χ0n) is 13.4. The highest BCUT2D eigenvalue weighted by molar-refractivity contribution is 14.1. The first-order valence-electron chi connectivity index (χ1n) is 7.44. The number of nitrogens with zero attached hydrogens (tertiary/aromatic N) is 2. The molecule has 0 saturated heterocycles. The van der Waals surface area contributed by atoms with Gasteiger partial charge in [-0.2, -0.15) is 0 Å². The second kappa shape index (κ2) is 6.45. The molecule has 0 atom stereocenters. The number of hydrogen-bond acceptors (Lipinski definition) is 3. The highest BCUT2D eigenvalue weighted by atomic mass is 127. The summed E-state index contributed by atoms with van der Waals surface area (Å²) in [6.07, 6.45) is 0.654. The lowest BCUT2D eigenvalue weighted by Gasteiger charge is -2.19.